The van der Waals surface area contributed by atoms with Gasteiger partial charge in [-0.25, -0.2) is 4.79 Å². The van der Waals surface area contributed by atoms with Crippen LogP contribution in [-0.2, 0) is 4.79 Å². The average molecular weight is 241 g/mol. The number of carboxylic acids is 1. The van der Waals surface area contributed by atoms with E-state index in [9.17, 15) is 9.59 Å². The SMILES string of the molecule is CC(C#N)CN(C)C(=O)NCC(C)(C)C(=O)O. The molecular formula is C11H19N3O3. The molecule has 0 heterocycles. The van der Waals surface area contributed by atoms with Crippen molar-refractivity contribution in [3.8, 4) is 6.07 Å². The minimum absolute atomic E-state index is 0.0481. The Morgan fingerprint density at radius 3 is 2.47 bits per heavy atom. The van der Waals surface area contributed by atoms with Crippen molar-refractivity contribution in [1.29, 1.82) is 5.26 Å². The van der Waals surface area contributed by atoms with Crippen molar-refractivity contribution in [3.63, 3.8) is 0 Å². The van der Waals surface area contributed by atoms with Crippen LogP contribution in [0.2, 0.25) is 0 Å². The number of hydrogen-bond donors (Lipinski definition) is 2. The molecular weight excluding hydrogens is 222 g/mol. The zero-order chi connectivity index (χ0) is 13.6. The van der Waals surface area contributed by atoms with Crippen LogP contribution in [0.25, 0.3) is 0 Å². The van der Waals surface area contributed by atoms with Gasteiger partial charge in [0.1, 0.15) is 0 Å². The van der Waals surface area contributed by atoms with Crippen molar-refractivity contribution in [2.24, 2.45) is 11.3 Å². The van der Waals surface area contributed by atoms with Crippen molar-refractivity contribution in [3.05, 3.63) is 0 Å². The molecule has 0 aliphatic heterocycles. The third kappa shape index (κ3) is 5.20. The molecule has 0 fully saturated rings. The third-order valence-electron chi connectivity index (χ3n) is 2.38. The van der Waals surface area contributed by atoms with Gasteiger partial charge >= 0.3 is 12.0 Å². The third-order valence-corrected chi connectivity index (χ3v) is 2.38. The van der Waals surface area contributed by atoms with E-state index in [0.717, 1.165) is 0 Å². The fraction of sp³-hybridized carbons (Fsp3) is 0.727. The van der Waals surface area contributed by atoms with Crippen molar-refractivity contribution in [1.82, 2.24) is 10.2 Å². The van der Waals surface area contributed by atoms with Gasteiger partial charge in [-0.05, 0) is 20.8 Å². The molecule has 6 heteroatoms. The largest absolute Gasteiger partial charge is 0.481 e. The van der Waals surface area contributed by atoms with Crippen LogP contribution in [0.3, 0.4) is 0 Å². The predicted octanol–water partition coefficient (Wildman–Crippen LogP) is 0.898. The quantitative estimate of drug-likeness (QED) is 0.747. The van der Waals surface area contributed by atoms with E-state index in [1.54, 1.807) is 14.0 Å². The first-order valence-corrected chi connectivity index (χ1v) is 5.32. The zero-order valence-electron chi connectivity index (χ0n) is 10.6. The number of carboxylic acid groups (broad SMARTS) is 1. The Balaban J connectivity index is 4.20. The lowest BCUT2D eigenvalue weighted by molar-refractivity contribution is -0.146. The van der Waals surface area contributed by atoms with Crippen LogP contribution >= 0.6 is 0 Å². The first-order chi connectivity index (χ1) is 7.70. The van der Waals surface area contributed by atoms with Gasteiger partial charge in [-0.3, -0.25) is 4.79 Å². The van der Waals surface area contributed by atoms with E-state index in [1.807, 2.05) is 6.07 Å². The Morgan fingerprint density at radius 1 is 1.53 bits per heavy atom. The van der Waals surface area contributed by atoms with E-state index in [2.05, 4.69) is 5.32 Å². The van der Waals surface area contributed by atoms with Crippen LogP contribution in [0, 0.1) is 22.7 Å². The summed E-state index contributed by atoms with van der Waals surface area (Å²) in [4.78, 5) is 23.8. The number of aliphatic carboxylic acids is 1. The highest BCUT2D eigenvalue weighted by Crippen LogP contribution is 2.13. The fourth-order valence-corrected chi connectivity index (χ4v) is 1.04. The molecule has 0 aromatic rings. The number of rotatable bonds is 5. The number of hydrogen-bond acceptors (Lipinski definition) is 3. The van der Waals surface area contributed by atoms with E-state index in [4.69, 9.17) is 10.4 Å². The van der Waals surface area contributed by atoms with E-state index in [0.29, 0.717) is 6.54 Å². The van der Waals surface area contributed by atoms with Gasteiger partial charge in [-0.1, -0.05) is 0 Å². The smallest absolute Gasteiger partial charge is 0.317 e. The number of carbonyl (C=O) groups excluding carboxylic acids is 1. The molecule has 0 saturated carbocycles. The molecule has 1 unspecified atom stereocenters. The zero-order valence-corrected chi connectivity index (χ0v) is 10.6. The number of urea groups is 1. The average Bonchev–Trinajstić information content (AvgIpc) is 2.25. The lowest BCUT2D eigenvalue weighted by Crippen LogP contribution is -2.45. The standard InChI is InChI=1S/C11H19N3O3/c1-8(5-12)6-14(4)10(17)13-7-11(2,3)9(15)16/h8H,6-7H2,1-4H3,(H,13,17)(H,15,16). The summed E-state index contributed by atoms with van der Waals surface area (Å²) in [6.07, 6.45) is 0. The molecule has 96 valence electrons. The second-order valence-electron chi connectivity index (χ2n) is 4.76. The van der Waals surface area contributed by atoms with Crippen LogP contribution < -0.4 is 5.32 Å². The minimum atomic E-state index is -1.00. The highest BCUT2D eigenvalue weighted by atomic mass is 16.4. The second kappa shape index (κ2) is 6.09. The first-order valence-electron chi connectivity index (χ1n) is 5.32. The Bertz CT molecular complexity index is 333. The summed E-state index contributed by atoms with van der Waals surface area (Å²) in [7, 11) is 1.57. The maximum atomic E-state index is 11.6. The second-order valence-corrected chi connectivity index (χ2v) is 4.76. The number of amides is 2. The van der Waals surface area contributed by atoms with Crippen LogP contribution in [0.1, 0.15) is 20.8 Å². The van der Waals surface area contributed by atoms with Gasteiger partial charge in [-0.15, -0.1) is 0 Å². The molecule has 1 atom stereocenters. The Hall–Kier alpha value is -1.77. The van der Waals surface area contributed by atoms with Crippen LogP contribution in [-0.4, -0.2) is 42.1 Å². The van der Waals surface area contributed by atoms with Crippen LogP contribution in [0.5, 0.6) is 0 Å². The normalized spacial score (nSPS) is 12.4. The molecule has 0 aliphatic carbocycles. The number of carbonyl (C=O) groups is 2. The molecule has 0 aromatic heterocycles. The van der Waals surface area contributed by atoms with Crippen LogP contribution in [0.15, 0.2) is 0 Å². The predicted molar refractivity (Wildman–Crippen MR) is 62.2 cm³/mol. The van der Waals surface area contributed by atoms with E-state index in [-0.39, 0.29) is 18.5 Å². The molecule has 0 saturated heterocycles. The molecule has 17 heavy (non-hydrogen) atoms. The summed E-state index contributed by atoms with van der Waals surface area (Å²) < 4.78 is 0. The van der Waals surface area contributed by atoms with Gasteiger partial charge in [0.25, 0.3) is 0 Å². The van der Waals surface area contributed by atoms with E-state index < -0.39 is 11.4 Å². The van der Waals surface area contributed by atoms with Crippen molar-refractivity contribution < 1.29 is 14.7 Å². The monoisotopic (exact) mass is 241 g/mol. The molecule has 2 N–H and O–H groups in total. The van der Waals surface area contributed by atoms with Gasteiger partial charge in [0.15, 0.2) is 0 Å². The summed E-state index contributed by atoms with van der Waals surface area (Å²) in [6.45, 7) is 5.15. The lowest BCUT2D eigenvalue weighted by Gasteiger charge is -2.23. The molecule has 6 nitrogen and oxygen atoms in total. The molecule has 0 spiro atoms. The van der Waals surface area contributed by atoms with Crippen molar-refractivity contribution in [2.75, 3.05) is 20.1 Å². The Morgan fingerprint density at radius 2 is 2.06 bits per heavy atom. The number of nitrogens with zero attached hydrogens (tertiary/aromatic N) is 2. The number of nitriles is 1. The van der Waals surface area contributed by atoms with Gasteiger partial charge in [0.2, 0.25) is 0 Å². The summed E-state index contributed by atoms with van der Waals surface area (Å²) >= 11 is 0. The maximum absolute atomic E-state index is 11.6. The van der Waals surface area contributed by atoms with Crippen molar-refractivity contribution in [2.45, 2.75) is 20.8 Å². The topological polar surface area (TPSA) is 93.4 Å². The molecule has 0 rings (SSSR count). The minimum Gasteiger partial charge on any atom is -0.481 e. The fourth-order valence-electron chi connectivity index (χ4n) is 1.04. The van der Waals surface area contributed by atoms with Gasteiger partial charge in [0, 0.05) is 20.1 Å². The molecule has 0 radical (unpaired) electrons. The summed E-state index contributed by atoms with van der Waals surface area (Å²) in [6, 6.07) is 1.65. The Kier molecular flexibility index (Phi) is 5.45. The van der Waals surface area contributed by atoms with Crippen molar-refractivity contribution >= 4 is 12.0 Å². The number of nitrogens with one attached hydrogen (secondary N) is 1. The summed E-state index contributed by atoms with van der Waals surface area (Å²) in [5.74, 6) is -1.22. The van der Waals surface area contributed by atoms with E-state index >= 15 is 0 Å². The molecule has 2 amide bonds. The Labute approximate surface area is 101 Å². The molecule has 0 aromatic carbocycles. The highest BCUT2D eigenvalue weighted by Gasteiger charge is 2.28. The van der Waals surface area contributed by atoms with Gasteiger partial charge in [0.05, 0.1) is 17.4 Å². The van der Waals surface area contributed by atoms with Crippen LogP contribution in [0.4, 0.5) is 4.79 Å². The lowest BCUT2D eigenvalue weighted by atomic mass is 9.94. The summed E-state index contributed by atoms with van der Waals surface area (Å²) in [5.41, 5.74) is -1.00. The molecule has 0 aliphatic rings. The van der Waals surface area contributed by atoms with Gasteiger partial charge < -0.3 is 15.3 Å². The van der Waals surface area contributed by atoms with Gasteiger partial charge in [-0.2, -0.15) is 5.26 Å². The molecule has 0 bridgehead atoms. The van der Waals surface area contributed by atoms with E-state index in [1.165, 1.54) is 18.7 Å². The first kappa shape index (κ1) is 15.2. The maximum Gasteiger partial charge on any atom is 0.317 e. The highest BCUT2D eigenvalue weighted by molar-refractivity contribution is 5.77. The summed E-state index contributed by atoms with van der Waals surface area (Å²) in [5, 5.41) is 20.0.